The highest BCUT2D eigenvalue weighted by Crippen LogP contribution is 2.13. The summed E-state index contributed by atoms with van der Waals surface area (Å²) >= 11 is 0. The molecule has 0 unspecified atom stereocenters. The van der Waals surface area contributed by atoms with E-state index in [2.05, 4.69) is 4.74 Å². The van der Waals surface area contributed by atoms with Crippen LogP contribution in [0.5, 0.6) is 0 Å². The van der Waals surface area contributed by atoms with Crippen molar-refractivity contribution in [2.75, 3.05) is 27.3 Å². The van der Waals surface area contributed by atoms with Crippen molar-refractivity contribution in [2.24, 2.45) is 0 Å². The summed E-state index contributed by atoms with van der Waals surface area (Å²) in [5.74, 6) is -0.634. The Morgan fingerprint density at radius 2 is 1.87 bits per heavy atom. The largest absolute Gasteiger partial charge is 0.469 e. The van der Waals surface area contributed by atoms with Crippen LogP contribution < -0.4 is 0 Å². The third-order valence-electron chi connectivity index (χ3n) is 2.65. The molecule has 1 aliphatic heterocycles. The van der Waals surface area contributed by atoms with Gasteiger partial charge >= 0.3 is 5.97 Å². The van der Waals surface area contributed by atoms with E-state index in [1.54, 1.807) is 12.0 Å². The summed E-state index contributed by atoms with van der Waals surface area (Å²) in [5.41, 5.74) is 0. The van der Waals surface area contributed by atoms with Crippen LogP contribution in [0.2, 0.25) is 0 Å². The topological polar surface area (TPSA) is 55.8 Å². The molecule has 0 N–H and O–H groups in total. The number of amides is 1. The van der Waals surface area contributed by atoms with Crippen LogP contribution in [0.3, 0.4) is 0 Å². The molecule has 15 heavy (non-hydrogen) atoms. The van der Waals surface area contributed by atoms with Gasteiger partial charge in [-0.3, -0.25) is 9.59 Å². The second-order valence-corrected chi connectivity index (χ2v) is 3.57. The lowest BCUT2D eigenvalue weighted by atomic mass is 10.1. The summed E-state index contributed by atoms with van der Waals surface area (Å²) in [7, 11) is 2.96. The number of nitrogens with zero attached hydrogens (tertiary/aromatic N) is 1. The van der Waals surface area contributed by atoms with Gasteiger partial charge in [-0.15, -0.1) is 0 Å². The molecule has 0 aromatic rings. The van der Waals surface area contributed by atoms with Gasteiger partial charge in [0.2, 0.25) is 5.91 Å². The van der Waals surface area contributed by atoms with E-state index in [0.29, 0.717) is 13.1 Å². The molecular formula is C10H17NO4. The molecule has 5 nitrogen and oxygen atoms in total. The van der Waals surface area contributed by atoms with E-state index in [4.69, 9.17) is 4.74 Å². The van der Waals surface area contributed by atoms with Crippen LogP contribution in [-0.2, 0) is 19.1 Å². The molecule has 0 aromatic heterocycles. The maximum atomic E-state index is 11.5. The van der Waals surface area contributed by atoms with Crippen LogP contribution in [0.25, 0.3) is 0 Å². The molecule has 1 fully saturated rings. The van der Waals surface area contributed by atoms with Gasteiger partial charge in [0.1, 0.15) is 6.42 Å². The average molecular weight is 215 g/mol. The molecule has 1 aliphatic rings. The van der Waals surface area contributed by atoms with Crippen molar-refractivity contribution < 1.29 is 19.1 Å². The van der Waals surface area contributed by atoms with Gasteiger partial charge < -0.3 is 14.4 Å². The van der Waals surface area contributed by atoms with Crippen LogP contribution >= 0.6 is 0 Å². The highest BCUT2D eigenvalue weighted by molar-refractivity contribution is 5.94. The Labute approximate surface area is 89.3 Å². The van der Waals surface area contributed by atoms with Crippen LogP contribution in [0, 0.1) is 0 Å². The minimum atomic E-state index is -0.478. The molecule has 0 atom stereocenters. The Hall–Kier alpha value is -1.10. The first-order chi connectivity index (χ1) is 7.17. The standard InChI is InChI=1S/C10H17NO4/c1-14-8-3-5-11(6-4-8)9(12)7-10(13)15-2/h8H,3-7H2,1-2H3. The van der Waals surface area contributed by atoms with Crippen LogP contribution in [0.1, 0.15) is 19.3 Å². The SMILES string of the molecule is COC(=O)CC(=O)N1CCC(OC)CC1. The van der Waals surface area contributed by atoms with Gasteiger partial charge in [0.25, 0.3) is 0 Å². The maximum Gasteiger partial charge on any atom is 0.315 e. The zero-order valence-corrected chi connectivity index (χ0v) is 9.19. The van der Waals surface area contributed by atoms with Crippen molar-refractivity contribution in [1.82, 2.24) is 4.90 Å². The Balaban J connectivity index is 2.33. The number of hydrogen-bond acceptors (Lipinski definition) is 4. The Morgan fingerprint density at radius 3 is 2.33 bits per heavy atom. The molecule has 1 rings (SSSR count). The van der Waals surface area contributed by atoms with E-state index in [-0.39, 0.29) is 18.4 Å². The lowest BCUT2D eigenvalue weighted by Crippen LogP contribution is -2.41. The van der Waals surface area contributed by atoms with E-state index in [1.165, 1.54) is 7.11 Å². The van der Waals surface area contributed by atoms with E-state index in [0.717, 1.165) is 12.8 Å². The predicted molar refractivity (Wildman–Crippen MR) is 53.2 cm³/mol. The second kappa shape index (κ2) is 5.70. The number of methoxy groups -OCH3 is 2. The molecule has 0 radical (unpaired) electrons. The van der Waals surface area contributed by atoms with Crippen molar-refractivity contribution in [3.63, 3.8) is 0 Å². The van der Waals surface area contributed by atoms with Gasteiger partial charge in [0, 0.05) is 20.2 Å². The van der Waals surface area contributed by atoms with E-state index >= 15 is 0 Å². The highest BCUT2D eigenvalue weighted by atomic mass is 16.5. The number of esters is 1. The number of carbonyl (C=O) groups excluding carboxylic acids is 2. The number of hydrogen-bond donors (Lipinski definition) is 0. The molecular weight excluding hydrogens is 198 g/mol. The lowest BCUT2D eigenvalue weighted by molar-refractivity contribution is -0.147. The van der Waals surface area contributed by atoms with Gasteiger partial charge in [-0.25, -0.2) is 0 Å². The van der Waals surface area contributed by atoms with Gasteiger partial charge in [0.15, 0.2) is 0 Å². The Kier molecular flexibility index (Phi) is 4.55. The van der Waals surface area contributed by atoms with Crippen LogP contribution in [0.4, 0.5) is 0 Å². The zero-order chi connectivity index (χ0) is 11.3. The molecule has 1 heterocycles. The van der Waals surface area contributed by atoms with Crippen molar-refractivity contribution in [1.29, 1.82) is 0 Å². The fourth-order valence-corrected chi connectivity index (χ4v) is 1.65. The first-order valence-corrected chi connectivity index (χ1v) is 5.04. The Morgan fingerprint density at radius 1 is 1.27 bits per heavy atom. The molecule has 0 bridgehead atoms. The monoisotopic (exact) mass is 215 g/mol. The fraction of sp³-hybridized carbons (Fsp3) is 0.800. The molecule has 0 aromatic carbocycles. The minimum Gasteiger partial charge on any atom is -0.469 e. The third kappa shape index (κ3) is 3.51. The van der Waals surface area contributed by atoms with Gasteiger partial charge in [-0.2, -0.15) is 0 Å². The summed E-state index contributed by atoms with van der Waals surface area (Å²) in [6, 6.07) is 0. The number of rotatable bonds is 3. The molecule has 5 heteroatoms. The molecule has 1 amide bonds. The first-order valence-electron chi connectivity index (χ1n) is 5.04. The van der Waals surface area contributed by atoms with Crippen LogP contribution in [-0.4, -0.2) is 50.2 Å². The number of likely N-dealkylation sites (tertiary alicyclic amines) is 1. The minimum absolute atomic E-state index is 0.156. The zero-order valence-electron chi connectivity index (χ0n) is 9.19. The van der Waals surface area contributed by atoms with Gasteiger partial charge in [-0.1, -0.05) is 0 Å². The van der Waals surface area contributed by atoms with Crippen molar-refractivity contribution >= 4 is 11.9 Å². The van der Waals surface area contributed by atoms with Gasteiger partial charge in [0.05, 0.1) is 13.2 Å². The van der Waals surface area contributed by atoms with Crippen molar-refractivity contribution in [2.45, 2.75) is 25.4 Å². The average Bonchev–Trinajstić information content (AvgIpc) is 2.29. The number of ether oxygens (including phenoxy) is 2. The lowest BCUT2D eigenvalue weighted by Gasteiger charge is -2.30. The fourth-order valence-electron chi connectivity index (χ4n) is 1.65. The number of piperidine rings is 1. The molecule has 0 spiro atoms. The van der Waals surface area contributed by atoms with E-state index in [9.17, 15) is 9.59 Å². The van der Waals surface area contributed by atoms with Crippen molar-refractivity contribution in [3.8, 4) is 0 Å². The summed E-state index contributed by atoms with van der Waals surface area (Å²) in [4.78, 5) is 24.1. The summed E-state index contributed by atoms with van der Waals surface area (Å²) in [6.07, 6.45) is 1.76. The van der Waals surface area contributed by atoms with Crippen molar-refractivity contribution in [3.05, 3.63) is 0 Å². The quantitative estimate of drug-likeness (QED) is 0.498. The normalized spacial score (nSPS) is 17.6. The Bertz CT molecular complexity index is 234. The first kappa shape index (κ1) is 12.0. The molecule has 0 aliphatic carbocycles. The third-order valence-corrected chi connectivity index (χ3v) is 2.65. The predicted octanol–water partition coefficient (Wildman–Crippen LogP) is 0.187. The van der Waals surface area contributed by atoms with Gasteiger partial charge in [-0.05, 0) is 12.8 Å². The van der Waals surface area contributed by atoms with E-state index in [1.807, 2.05) is 0 Å². The molecule has 86 valence electrons. The molecule has 0 saturated carbocycles. The smallest absolute Gasteiger partial charge is 0.315 e. The summed E-state index contributed by atoms with van der Waals surface area (Å²) in [6.45, 7) is 1.32. The summed E-state index contributed by atoms with van der Waals surface area (Å²) in [5, 5.41) is 0. The van der Waals surface area contributed by atoms with E-state index < -0.39 is 5.97 Å². The molecule has 1 saturated heterocycles. The second-order valence-electron chi connectivity index (χ2n) is 3.57. The maximum absolute atomic E-state index is 11.5. The highest BCUT2D eigenvalue weighted by Gasteiger charge is 2.23. The summed E-state index contributed by atoms with van der Waals surface area (Å²) < 4.78 is 9.63. The number of carbonyl (C=O) groups is 2. The van der Waals surface area contributed by atoms with Crippen LogP contribution in [0.15, 0.2) is 0 Å².